The predicted octanol–water partition coefficient (Wildman–Crippen LogP) is -1.23. The molecule has 0 radical (unpaired) electrons. The van der Waals surface area contributed by atoms with Crippen molar-refractivity contribution in [1.82, 2.24) is 0 Å². The zero-order valence-corrected chi connectivity index (χ0v) is 19.6. The minimum atomic E-state index is -1.69. The van der Waals surface area contributed by atoms with Gasteiger partial charge in [0.1, 0.15) is 48.8 Å². The smallest absolute Gasteiger partial charge is 0.187 e. The van der Waals surface area contributed by atoms with E-state index in [0.717, 1.165) is 25.2 Å². The highest BCUT2D eigenvalue weighted by Crippen LogP contribution is 2.30. The molecule has 11 heteroatoms. The Morgan fingerprint density at radius 2 is 1.29 bits per heavy atom. The number of rotatable bonds is 11. The van der Waals surface area contributed by atoms with Crippen LogP contribution in [0.2, 0.25) is 0 Å². The van der Waals surface area contributed by atoms with Gasteiger partial charge in [-0.15, -0.1) is 0 Å². The fraction of sp³-hybridized carbons (Fsp3) is 1.00. The van der Waals surface area contributed by atoms with Gasteiger partial charge >= 0.3 is 0 Å². The molecule has 3 rings (SSSR count). The van der Waals surface area contributed by atoms with Gasteiger partial charge in [-0.2, -0.15) is 0 Å². The molecule has 1 aliphatic carbocycles. The lowest BCUT2D eigenvalue weighted by Crippen LogP contribution is -2.64. The molecule has 0 aromatic rings. The second-order valence-corrected chi connectivity index (χ2v) is 9.73. The van der Waals surface area contributed by atoms with Crippen molar-refractivity contribution in [1.29, 1.82) is 0 Å². The molecule has 0 bridgehead atoms. The molecule has 2 aliphatic heterocycles. The van der Waals surface area contributed by atoms with Crippen LogP contribution in [0.3, 0.4) is 0 Å². The van der Waals surface area contributed by atoms with Crippen molar-refractivity contribution in [2.45, 2.75) is 119 Å². The van der Waals surface area contributed by atoms with Gasteiger partial charge in [-0.1, -0.05) is 51.4 Å². The van der Waals surface area contributed by atoms with Gasteiger partial charge in [0.2, 0.25) is 0 Å². The topological polar surface area (TPSA) is 179 Å². The average molecular weight is 495 g/mol. The van der Waals surface area contributed by atoms with Crippen molar-refractivity contribution in [2.24, 2.45) is 5.92 Å². The highest BCUT2D eigenvalue weighted by Gasteiger charge is 2.50. The van der Waals surface area contributed by atoms with Gasteiger partial charge in [0, 0.05) is 6.61 Å². The number of aliphatic hydroxyl groups is 7. The molecule has 0 amide bonds. The number of hydrogen-bond acceptors (Lipinski definition) is 11. The van der Waals surface area contributed by atoms with E-state index in [0.29, 0.717) is 6.61 Å². The monoisotopic (exact) mass is 494 g/mol. The third-order valence-electron chi connectivity index (χ3n) is 7.22. The number of ether oxygens (including phenoxy) is 4. The van der Waals surface area contributed by atoms with Crippen LogP contribution in [-0.2, 0) is 18.9 Å². The third kappa shape index (κ3) is 7.07. The fourth-order valence-electron chi connectivity index (χ4n) is 5.08. The van der Waals surface area contributed by atoms with Crippen LogP contribution in [0.1, 0.15) is 57.8 Å². The molecular formula is C23H42O11. The average Bonchev–Trinajstić information content (AvgIpc) is 2.85. The molecule has 34 heavy (non-hydrogen) atoms. The summed E-state index contributed by atoms with van der Waals surface area (Å²) in [7, 11) is 0. The van der Waals surface area contributed by atoms with Crippen molar-refractivity contribution in [3.05, 3.63) is 0 Å². The quantitative estimate of drug-likeness (QED) is 0.171. The van der Waals surface area contributed by atoms with Gasteiger partial charge in [0.05, 0.1) is 13.2 Å². The normalized spacial score (nSPS) is 42.1. The Balaban J connectivity index is 1.45. The lowest BCUT2D eigenvalue weighted by molar-refractivity contribution is -0.359. The van der Waals surface area contributed by atoms with Crippen LogP contribution in [0, 0.1) is 5.92 Å². The predicted molar refractivity (Wildman–Crippen MR) is 117 cm³/mol. The van der Waals surface area contributed by atoms with Crippen LogP contribution in [0.25, 0.3) is 0 Å². The van der Waals surface area contributed by atoms with Crippen LogP contribution in [0.15, 0.2) is 0 Å². The molecule has 4 unspecified atom stereocenters. The zero-order chi connectivity index (χ0) is 24.7. The maximum atomic E-state index is 10.6. The standard InChI is InChI=1S/C23H42O11/c24-11-14-16(26)17(27)19(29)23(32-14)34-21-15(12-25)33-22(20(30)18(21)28)31-10-6-2-5-9-13-7-3-1-4-8-13/h13-30H,1-12H2/t14?,15?,16-,17+,18-,19?,20?,21-,22-,23-/m1/s1. The maximum absolute atomic E-state index is 10.6. The molecule has 1 saturated carbocycles. The van der Waals surface area contributed by atoms with Crippen LogP contribution < -0.4 is 0 Å². The molecule has 2 heterocycles. The summed E-state index contributed by atoms with van der Waals surface area (Å²) in [6.45, 7) is -0.889. The van der Waals surface area contributed by atoms with E-state index in [1.165, 1.54) is 38.5 Å². The first kappa shape index (κ1) is 28.1. The number of aliphatic hydroxyl groups excluding tert-OH is 7. The van der Waals surface area contributed by atoms with Crippen molar-refractivity contribution < 1.29 is 54.7 Å². The fourth-order valence-corrected chi connectivity index (χ4v) is 5.08. The molecule has 11 nitrogen and oxygen atoms in total. The molecule has 0 aromatic heterocycles. The summed E-state index contributed by atoms with van der Waals surface area (Å²) >= 11 is 0. The Bertz CT molecular complexity index is 571. The summed E-state index contributed by atoms with van der Waals surface area (Å²) in [5, 5.41) is 70.2. The molecule has 0 aromatic carbocycles. The Morgan fingerprint density at radius 1 is 0.647 bits per heavy atom. The zero-order valence-electron chi connectivity index (χ0n) is 19.6. The maximum Gasteiger partial charge on any atom is 0.187 e. The van der Waals surface area contributed by atoms with E-state index in [4.69, 9.17) is 18.9 Å². The summed E-state index contributed by atoms with van der Waals surface area (Å²) < 4.78 is 22.1. The minimum Gasteiger partial charge on any atom is -0.394 e. The number of hydrogen-bond donors (Lipinski definition) is 7. The van der Waals surface area contributed by atoms with Crippen LogP contribution in [-0.4, -0.2) is 117 Å². The first-order chi connectivity index (χ1) is 16.4. The van der Waals surface area contributed by atoms with E-state index in [2.05, 4.69) is 0 Å². The largest absolute Gasteiger partial charge is 0.394 e. The van der Waals surface area contributed by atoms with Crippen LogP contribution >= 0.6 is 0 Å². The highest BCUT2D eigenvalue weighted by atomic mass is 16.7. The lowest BCUT2D eigenvalue weighted by atomic mass is 9.86. The van der Waals surface area contributed by atoms with Gasteiger partial charge in [-0.25, -0.2) is 0 Å². The van der Waals surface area contributed by atoms with E-state index in [1.807, 2.05) is 0 Å². The molecule has 10 atom stereocenters. The van der Waals surface area contributed by atoms with Crippen molar-refractivity contribution >= 4 is 0 Å². The van der Waals surface area contributed by atoms with E-state index < -0.39 is 74.6 Å². The Kier molecular flexibility index (Phi) is 11.4. The Labute approximate surface area is 200 Å². The van der Waals surface area contributed by atoms with E-state index in [9.17, 15) is 35.7 Å². The second kappa shape index (κ2) is 13.8. The summed E-state index contributed by atoms with van der Waals surface area (Å²) in [4.78, 5) is 0. The number of unbranched alkanes of at least 4 members (excludes halogenated alkanes) is 2. The first-order valence-corrected chi connectivity index (χ1v) is 12.6. The van der Waals surface area contributed by atoms with Crippen molar-refractivity contribution in [3.8, 4) is 0 Å². The van der Waals surface area contributed by atoms with Gasteiger partial charge in [0.25, 0.3) is 0 Å². The molecular weight excluding hydrogens is 452 g/mol. The summed E-state index contributed by atoms with van der Waals surface area (Å²) in [6.07, 6.45) is -3.49. The van der Waals surface area contributed by atoms with Crippen LogP contribution in [0.4, 0.5) is 0 Å². The first-order valence-electron chi connectivity index (χ1n) is 12.6. The van der Waals surface area contributed by atoms with E-state index >= 15 is 0 Å². The minimum absolute atomic E-state index is 0.329. The highest BCUT2D eigenvalue weighted by molar-refractivity contribution is 4.94. The molecule has 200 valence electrons. The second-order valence-electron chi connectivity index (χ2n) is 9.73. The molecule has 0 spiro atoms. The van der Waals surface area contributed by atoms with Gasteiger partial charge < -0.3 is 54.7 Å². The summed E-state index contributed by atoms with van der Waals surface area (Å²) in [6, 6.07) is 0. The summed E-state index contributed by atoms with van der Waals surface area (Å²) in [5.74, 6) is 0.833. The van der Waals surface area contributed by atoms with Crippen molar-refractivity contribution in [3.63, 3.8) is 0 Å². The van der Waals surface area contributed by atoms with Gasteiger partial charge in [-0.05, 0) is 12.3 Å². The van der Waals surface area contributed by atoms with E-state index in [1.54, 1.807) is 0 Å². The Hall–Kier alpha value is -0.440. The lowest BCUT2D eigenvalue weighted by Gasteiger charge is -2.45. The van der Waals surface area contributed by atoms with Gasteiger partial charge in [0.15, 0.2) is 12.6 Å². The molecule has 3 fully saturated rings. The molecule has 7 N–H and O–H groups in total. The third-order valence-corrected chi connectivity index (χ3v) is 7.22. The summed E-state index contributed by atoms with van der Waals surface area (Å²) in [5.41, 5.74) is 0. The Morgan fingerprint density at radius 3 is 1.97 bits per heavy atom. The van der Waals surface area contributed by atoms with E-state index in [-0.39, 0.29) is 0 Å². The van der Waals surface area contributed by atoms with Crippen LogP contribution in [0.5, 0.6) is 0 Å². The molecule has 2 saturated heterocycles. The van der Waals surface area contributed by atoms with Gasteiger partial charge in [-0.3, -0.25) is 0 Å². The SMILES string of the molecule is OCC1O[C@H](O[C@@H]2C(CO)O[C@@H](OCCCCCC3CCCCC3)C(O)[C@H]2O)C(O)[C@@H](O)[C@@H]1O. The molecule has 3 aliphatic rings. The van der Waals surface area contributed by atoms with Crippen molar-refractivity contribution in [2.75, 3.05) is 19.8 Å².